The number of ketones is 1. The third kappa shape index (κ3) is 5.74. The van der Waals surface area contributed by atoms with E-state index in [9.17, 15) is 9.18 Å². The van der Waals surface area contributed by atoms with Crippen LogP contribution in [0.15, 0.2) is 22.7 Å². The fraction of sp³-hybridized carbons (Fsp3) is 0.500. The number of hydrogen-bond donors (Lipinski definition) is 1. The number of carbonyl (C=O) groups is 1. The Hall–Kier alpha value is -0.740. The van der Waals surface area contributed by atoms with Crippen LogP contribution >= 0.6 is 15.9 Å². The Kier molecular flexibility index (Phi) is 6.50. The van der Waals surface area contributed by atoms with E-state index < -0.39 is 0 Å². The van der Waals surface area contributed by atoms with Crippen molar-refractivity contribution in [2.45, 2.75) is 39.2 Å². The van der Waals surface area contributed by atoms with Gasteiger partial charge < -0.3 is 5.32 Å². The lowest BCUT2D eigenvalue weighted by Gasteiger charge is -2.07. The van der Waals surface area contributed by atoms with Gasteiger partial charge in [-0.05, 0) is 30.7 Å². The van der Waals surface area contributed by atoms with E-state index in [1.807, 2.05) is 0 Å². The molecule has 0 aliphatic rings. The minimum atomic E-state index is -0.292. The molecule has 0 fully saturated rings. The predicted molar refractivity (Wildman–Crippen MR) is 75.2 cm³/mol. The van der Waals surface area contributed by atoms with E-state index in [0.29, 0.717) is 23.4 Å². The van der Waals surface area contributed by atoms with Crippen molar-refractivity contribution in [3.8, 4) is 0 Å². The Morgan fingerprint density at radius 1 is 1.44 bits per heavy atom. The van der Waals surface area contributed by atoms with Crippen LogP contribution in [0, 0.1) is 5.82 Å². The summed E-state index contributed by atoms with van der Waals surface area (Å²) in [5.74, 6) is -0.105. The molecule has 0 aliphatic carbocycles. The number of halogens is 2. The molecular formula is C14H19BrFNO. The minimum absolute atomic E-state index is 0.188. The minimum Gasteiger partial charge on any atom is -0.315 e. The molecule has 0 unspecified atom stereocenters. The number of nitrogens with one attached hydrogen (secondary N) is 1. The van der Waals surface area contributed by atoms with Gasteiger partial charge in [-0.15, -0.1) is 0 Å². The van der Waals surface area contributed by atoms with Crippen molar-refractivity contribution in [3.63, 3.8) is 0 Å². The summed E-state index contributed by atoms with van der Waals surface area (Å²) in [6.45, 7) is 5.02. The van der Waals surface area contributed by atoms with Gasteiger partial charge in [-0.2, -0.15) is 0 Å². The summed E-state index contributed by atoms with van der Waals surface area (Å²) < 4.78 is 13.5. The van der Waals surface area contributed by atoms with Gasteiger partial charge in [0.2, 0.25) is 0 Å². The Bertz CT molecular complexity index is 407. The van der Waals surface area contributed by atoms with Gasteiger partial charge in [0.05, 0.1) is 0 Å². The molecule has 0 saturated carbocycles. The van der Waals surface area contributed by atoms with E-state index in [2.05, 4.69) is 35.1 Å². The largest absolute Gasteiger partial charge is 0.315 e. The molecule has 0 spiro atoms. The first kappa shape index (κ1) is 15.3. The molecule has 100 valence electrons. The summed E-state index contributed by atoms with van der Waals surface area (Å²) in [5.41, 5.74) is 0.846. The third-order valence-electron chi connectivity index (χ3n) is 2.59. The molecule has 1 aromatic carbocycles. The number of Topliss-reactive ketones (excluding diaryl/α,β-unsaturated/α-hetero) is 1. The summed E-state index contributed by atoms with van der Waals surface area (Å²) in [4.78, 5) is 11.8. The molecule has 1 rings (SSSR count). The maximum absolute atomic E-state index is 12.9. The first-order valence-corrected chi connectivity index (χ1v) is 6.97. The zero-order valence-corrected chi connectivity index (χ0v) is 12.4. The second-order valence-corrected chi connectivity index (χ2v) is 5.52. The molecule has 0 aromatic heterocycles. The van der Waals surface area contributed by atoms with Crippen LogP contribution in [0.1, 0.15) is 32.3 Å². The molecule has 0 atom stereocenters. The highest BCUT2D eigenvalue weighted by Crippen LogP contribution is 2.19. The van der Waals surface area contributed by atoms with Crippen LogP contribution in [0.25, 0.3) is 0 Å². The summed E-state index contributed by atoms with van der Waals surface area (Å²) >= 11 is 3.27. The van der Waals surface area contributed by atoms with Crippen molar-refractivity contribution >= 4 is 21.7 Å². The van der Waals surface area contributed by atoms with Gasteiger partial charge in [0.15, 0.2) is 0 Å². The quantitative estimate of drug-likeness (QED) is 0.780. The molecule has 18 heavy (non-hydrogen) atoms. The summed E-state index contributed by atoms with van der Waals surface area (Å²) in [6.07, 6.45) is 1.77. The molecule has 0 bridgehead atoms. The van der Waals surface area contributed by atoms with Gasteiger partial charge in [0, 0.05) is 23.4 Å². The van der Waals surface area contributed by atoms with Crippen LogP contribution < -0.4 is 5.32 Å². The SMILES string of the molecule is CC(C)NCCCC(=O)Cc1ccc(F)cc1Br. The van der Waals surface area contributed by atoms with E-state index in [1.54, 1.807) is 6.07 Å². The molecule has 0 radical (unpaired) electrons. The number of hydrogen-bond acceptors (Lipinski definition) is 2. The fourth-order valence-corrected chi connectivity index (χ4v) is 2.13. The lowest BCUT2D eigenvalue weighted by molar-refractivity contribution is -0.118. The number of rotatable bonds is 7. The molecule has 4 heteroatoms. The summed E-state index contributed by atoms with van der Waals surface area (Å²) in [7, 11) is 0. The van der Waals surface area contributed by atoms with Gasteiger partial charge in [0.1, 0.15) is 11.6 Å². The van der Waals surface area contributed by atoms with Crippen molar-refractivity contribution < 1.29 is 9.18 Å². The zero-order chi connectivity index (χ0) is 13.5. The van der Waals surface area contributed by atoms with Crippen LogP contribution in [0.4, 0.5) is 4.39 Å². The van der Waals surface area contributed by atoms with Crippen LogP contribution in [-0.2, 0) is 11.2 Å². The first-order chi connectivity index (χ1) is 8.49. The topological polar surface area (TPSA) is 29.1 Å². The highest BCUT2D eigenvalue weighted by molar-refractivity contribution is 9.10. The lowest BCUT2D eigenvalue weighted by Crippen LogP contribution is -2.24. The van der Waals surface area contributed by atoms with Gasteiger partial charge in [0.25, 0.3) is 0 Å². The van der Waals surface area contributed by atoms with Gasteiger partial charge in [-0.25, -0.2) is 4.39 Å². The van der Waals surface area contributed by atoms with Crippen LogP contribution in [0.3, 0.4) is 0 Å². The van der Waals surface area contributed by atoms with E-state index >= 15 is 0 Å². The molecule has 1 N–H and O–H groups in total. The van der Waals surface area contributed by atoms with Crippen molar-refractivity contribution in [2.24, 2.45) is 0 Å². The monoisotopic (exact) mass is 315 g/mol. The second-order valence-electron chi connectivity index (χ2n) is 4.66. The van der Waals surface area contributed by atoms with E-state index in [1.165, 1.54) is 12.1 Å². The molecule has 0 heterocycles. The Balaban J connectivity index is 2.35. The molecule has 0 aliphatic heterocycles. The maximum atomic E-state index is 12.9. The molecule has 0 amide bonds. The van der Waals surface area contributed by atoms with Crippen molar-refractivity contribution in [3.05, 3.63) is 34.1 Å². The van der Waals surface area contributed by atoms with Crippen molar-refractivity contribution in [2.75, 3.05) is 6.54 Å². The Morgan fingerprint density at radius 3 is 2.78 bits per heavy atom. The average Bonchev–Trinajstić information content (AvgIpc) is 2.28. The normalized spacial score (nSPS) is 10.9. The smallest absolute Gasteiger partial charge is 0.137 e. The van der Waals surface area contributed by atoms with E-state index in [0.717, 1.165) is 18.5 Å². The Labute approximate surface area is 116 Å². The average molecular weight is 316 g/mol. The van der Waals surface area contributed by atoms with Gasteiger partial charge >= 0.3 is 0 Å². The van der Waals surface area contributed by atoms with Gasteiger partial charge in [-0.1, -0.05) is 35.8 Å². The highest BCUT2D eigenvalue weighted by atomic mass is 79.9. The maximum Gasteiger partial charge on any atom is 0.137 e. The van der Waals surface area contributed by atoms with Gasteiger partial charge in [-0.3, -0.25) is 4.79 Å². The molecule has 1 aromatic rings. The van der Waals surface area contributed by atoms with Crippen molar-refractivity contribution in [1.29, 1.82) is 0 Å². The standard InChI is InChI=1S/C14H19BrFNO/c1-10(2)17-7-3-4-13(18)8-11-5-6-12(16)9-14(11)15/h5-6,9-10,17H,3-4,7-8H2,1-2H3. The van der Waals surface area contributed by atoms with Crippen molar-refractivity contribution in [1.82, 2.24) is 5.32 Å². The Morgan fingerprint density at radius 2 is 2.17 bits per heavy atom. The second kappa shape index (κ2) is 7.64. The lowest BCUT2D eigenvalue weighted by atomic mass is 10.1. The molecule has 0 saturated heterocycles. The summed E-state index contributed by atoms with van der Waals surface area (Å²) in [6, 6.07) is 4.88. The van der Waals surface area contributed by atoms with Crippen LogP contribution in [-0.4, -0.2) is 18.4 Å². The fourth-order valence-electron chi connectivity index (χ4n) is 1.64. The number of benzene rings is 1. The van der Waals surface area contributed by atoms with E-state index in [-0.39, 0.29) is 11.6 Å². The predicted octanol–water partition coefficient (Wildman–Crippen LogP) is 3.48. The zero-order valence-electron chi connectivity index (χ0n) is 10.8. The van der Waals surface area contributed by atoms with Crippen LogP contribution in [0.2, 0.25) is 0 Å². The first-order valence-electron chi connectivity index (χ1n) is 6.18. The number of carbonyl (C=O) groups excluding carboxylic acids is 1. The van der Waals surface area contributed by atoms with E-state index in [4.69, 9.17) is 0 Å². The third-order valence-corrected chi connectivity index (χ3v) is 3.33. The molecule has 2 nitrogen and oxygen atoms in total. The highest BCUT2D eigenvalue weighted by Gasteiger charge is 2.07. The summed E-state index contributed by atoms with van der Waals surface area (Å²) in [5, 5.41) is 3.27. The molecular weight excluding hydrogens is 297 g/mol. The van der Waals surface area contributed by atoms with Crippen LogP contribution in [0.5, 0.6) is 0 Å².